The van der Waals surface area contributed by atoms with E-state index >= 15 is 0 Å². The summed E-state index contributed by atoms with van der Waals surface area (Å²) in [7, 11) is -2.29. The molecule has 2 aromatic carbocycles. The Labute approximate surface area is 207 Å². The molecular formula is C25H32ClN3O4S. The number of rotatable bonds is 5. The van der Waals surface area contributed by atoms with Crippen molar-refractivity contribution >= 4 is 33.2 Å². The molecule has 7 nitrogen and oxygen atoms in total. The predicted molar refractivity (Wildman–Crippen MR) is 134 cm³/mol. The molecule has 4 rings (SSSR count). The van der Waals surface area contributed by atoms with Gasteiger partial charge in [-0.15, -0.1) is 0 Å². The number of hydrogen-bond donors (Lipinski definition) is 0. The van der Waals surface area contributed by atoms with Crippen LogP contribution in [0, 0.1) is 19.8 Å². The first kappa shape index (κ1) is 24.8. The van der Waals surface area contributed by atoms with E-state index in [0.717, 1.165) is 29.9 Å². The second-order valence-corrected chi connectivity index (χ2v) is 11.4. The van der Waals surface area contributed by atoms with Gasteiger partial charge in [-0.2, -0.15) is 4.31 Å². The summed E-state index contributed by atoms with van der Waals surface area (Å²) >= 11 is 6.19. The molecular weight excluding hydrogens is 474 g/mol. The van der Waals surface area contributed by atoms with Crippen molar-refractivity contribution in [1.29, 1.82) is 0 Å². The zero-order valence-electron chi connectivity index (χ0n) is 20.0. The van der Waals surface area contributed by atoms with Gasteiger partial charge in [0, 0.05) is 50.0 Å². The summed E-state index contributed by atoms with van der Waals surface area (Å²) in [6.07, 6.45) is 1.36. The molecule has 1 amide bonds. The summed E-state index contributed by atoms with van der Waals surface area (Å²) in [6, 6.07) is 11.0. The van der Waals surface area contributed by atoms with E-state index in [2.05, 4.69) is 11.8 Å². The van der Waals surface area contributed by atoms with Gasteiger partial charge >= 0.3 is 0 Å². The Hall–Kier alpha value is -2.29. The topological polar surface area (TPSA) is 70.2 Å². The lowest BCUT2D eigenvalue weighted by atomic mass is 9.97. The van der Waals surface area contributed by atoms with Gasteiger partial charge in [0.15, 0.2) is 0 Å². The van der Waals surface area contributed by atoms with Gasteiger partial charge in [0.2, 0.25) is 15.9 Å². The van der Waals surface area contributed by atoms with Gasteiger partial charge < -0.3 is 14.5 Å². The fourth-order valence-corrected chi connectivity index (χ4v) is 6.77. The standard InChI is InChI=1S/C25H32ClN3O4S/c1-18-6-9-23(33-3)24(15-18)34(31,32)29-10-4-5-20(17-29)25(30)28-13-11-27(12-14-28)22-16-21(26)8-7-19(22)2/h6-9,15-16,20H,4-5,10-14,17H2,1-3H3/t20-/m1/s1. The van der Waals surface area contributed by atoms with Crippen molar-refractivity contribution in [3.63, 3.8) is 0 Å². The van der Waals surface area contributed by atoms with Gasteiger partial charge in [0.25, 0.3) is 0 Å². The van der Waals surface area contributed by atoms with Crippen LogP contribution in [0.5, 0.6) is 5.75 Å². The van der Waals surface area contributed by atoms with Crippen LogP contribution in [0.1, 0.15) is 24.0 Å². The molecule has 0 aromatic heterocycles. The lowest BCUT2D eigenvalue weighted by Gasteiger charge is -2.40. The third-order valence-corrected chi connectivity index (χ3v) is 8.89. The highest BCUT2D eigenvalue weighted by molar-refractivity contribution is 7.89. The summed E-state index contributed by atoms with van der Waals surface area (Å²) in [6.45, 7) is 7.19. The number of nitrogens with zero attached hydrogens (tertiary/aromatic N) is 3. The van der Waals surface area contributed by atoms with E-state index in [1.165, 1.54) is 11.4 Å². The Morgan fingerprint density at radius 2 is 1.76 bits per heavy atom. The molecule has 9 heteroatoms. The zero-order valence-corrected chi connectivity index (χ0v) is 21.5. The van der Waals surface area contributed by atoms with E-state index in [-0.39, 0.29) is 23.3 Å². The minimum absolute atomic E-state index is 0.0403. The highest BCUT2D eigenvalue weighted by Gasteiger charge is 2.37. The van der Waals surface area contributed by atoms with Crippen LogP contribution in [0.15, 0.2) is 41.3 Å². The lowest BCUT2D eigenvalue weighted by Crippen LogP contribution is -2.53. The van der Waals surface area contributed by atoms with Crippen LogP contribution >= 0.6 is 11.6 Å². The Morgan fingerprint density at radius 3 is 2.47 bits per heavy atom. The van der Waals surface area contributed by atoms with E-state index in [4.69, 9.17) is 16.3 Å². The number of aryl methyl sites for hydroxylation is 2. The zero-order chi connectivity index (χ0) is 24.5. The molecule has 2 aromatic rings. The van der Waals surface area contributed by atoms with Crippen molar-refractivity contribution in [2.45, 2.75) is 31.6 Å². The average Bonchev–Trinajstić information content (AvgIpc) is 2.85. The number of benzene rings is 2. The van der Waals surface area contributed by atoms with Crippen LogP contribution in [0.3, 0.4) is 0 Å². The number of ether oxygens (including phenoxy) is 1. The first-order valence-electron chi connectivity index (χ1n) is 11.7. The van der Waals surface area contributed by atoms with E-state index < -0.39 is 10.0 Å². The van der Waals surface area contributed by atoms with Crippen LogP contribution in [0.25, 0.3) is 0 Å². The fraction of sp³-hybridized carbons (Fsp3) is 0.480. The molecule has 0 radical (unpaired) electrons. The maximum absolute atomic E-state index is 13.4. The van der Waals surface area contributed by atoms with Crippen LogP contribution < -0.4 is 9.64 Å². The fourth-order valence-electron chi connectivity index (χ4n) is 4.84. The number of carbonyl (C=O) groups excluding carboxylic acids is 1. The number of anilines is 1. The lowest BCUT2D eigenvalue weighted by molar-refractivity contribution is -0.137. The second kappa shape index (κ2) is 10.1. The second-order valence-electron chi connectivity index (χ2n) is 9.10. The minimum Gasteiger partial charge on any atom is -0.495 e. The molecule has 1 atom stereocenters. The Bertz CT molecular complexity index is 1160. The molecule has 2 heterocycles. The number of piperidine rings is 1. The molecule has 0 spiro atoms. The summed E-state index contributed by atoms with van der Waals surface area (Å²) in [5, 5.41) is 0.702. The maximum atomic E-state index is 13.4. The quantitative estimate of drug-likeness (QED) is 0.619. The molecule has 0 aliphatic carbocycles. The highest BCUT2D eigenvalue weighted by Crippen LogP contribution is 2.31. The first-order valence-corrected chi connectivity index (χ1v) is 13.5. The van der Waals surface area contributed by atoms with Crippen molar-refractivity contribution in [3.05, 3.63) is 52.5 Å². The number of carbonyl (C=O) groups is 1. The van der Waals surface area contributed by atoms with Gasteiger partial charge in [-0.25, -0.2) is 8.42 Å². The Kier molecular flexibility index (Phi) is 7.40. The highest BCUT2D eigenvalue weighted by atomic mass is 35.5. The van der Waals surface area contributed by atoms with Gasteiger partial charge in [-0.3, -0.25) is 4.79 Å². The van der Waals surface area contributed by atoms with Crippen molar-refractivity contribution in [2.75, 3.05) is 51.3 Å². The summed E-state index contributed by atoms with van der Waals surface area (Å²) in [4.78, 5) is 17.6. The number of halogens is 1. The molecule has 184 valence electrons. The van der Waals surface area contributed by atoms with Crippen LogP contribution in [-0.4, -0.2) is 69.9 Å². The monoisotopic (exact) mass is 505 g/mol. The van der Waals surface area contributed by atoms with Crippen molar-refractivity contribution in [2.24, 2.45) is 5.92 Å². The summed E-state index contributed by atoms with van der Waals surface area (Å²) in [5.74, 6) is 0.0313. The molecule has 0 saturated carbocycles. The minimum atomic E-state index is -3.76. The van der Waals surface area contributed by atoms with E-state index in [1.54, 1.807) is 12.1 Å². The predicted octanol–water partition coefficient (Wildman–Crippen LogP) is 3.71. The van der Waals surface area contributed by atoms with Crippen LogP contribution in [-0.2, 0) is 14.8 Å². The summed E-state index contributed by atoms with van der Waals surface area (Å²) in [5.41, 5.74) is 3.10. The SMILES string of the molecule is COc1ccc(C)cc1S(=O)(=O)N1CCC[C@@H](C(=O)N2CCN(c3cc(Cl)ccc3C)CC2)C1. The Morgan fingerprint density at radius 1 is 1.03 bits per heavy atom. The van der Waals surface area contributed by atoms with Gasteiger partial charge in [-0.1, -0.05) is 23.7 Å². The number of piperazine rings is 1. The molecule has 0 unspecified atom stereocenters. The van der Waals surface area contributed by atoms with Crippen molar-refractivity contribution < 1.29 is 17.9 Å². The van der Waals surface area contributed by atoms with Crippen molar-refractivity contribution in [1.82, 2.24) is 9.21 Å². The molecule has 2 aliphatic rings. The largest absolute Gasteiger partial charge is 0.495 e. The van der Waals surface area contributed by atoms with E-state index in [0.29, 0.717) is 43.2 Å². The van der Waals surface area contributed by atoms with Gasteiger partial charge in [-0.05, 0) is 62.1 Å². The Balaban J connectivity index is 1.43. The first-order chi connectivity index (χ1) is 16.2. The van der Waals surface area contributed by atoms with Crippen LogP contribution in [0.2, 0.25) is 5.02 Å². The number of methoxy groups -OCH3 is 1. The van der Waals surface area contributed by atoms with Gasteiger partial charge in [0.1, 0.15) is 10.6 Å². The molecule has 2 saturated heterocycles. The molecule has 34 heavy (non-hydrogen) atoms. The third-order valence-electron chi connectivity index (χ3n) is 6.77. The third kappa shape index (κ3) is 5.04. The number of sulfonamides is 1. The maximum Gasteiger partial charge on any atom is 0.246 e. The molecule has 0 N–H and O–H groups in total. The van der Waals surface area contributed by atoms with Gasteiger partial charge in [0.05, 0.1) is 13.0 Å². The molecule has 2 aliphatic heterocycles. The van der Waals surface area contributed by atoms with E-state index in [1.807, 2.05) is 36.1 Å². The smallest absolute Gasteiger partial charge is 0.246 e. The normalized spacial score (nSPS) is 19.8. The van der Waals surface area contributed by atoms with Crippen LogP contribution in [0.4, 0.5) is 5.69 Å². The average molecular weight is 506 g/mol. The summed E-state index contributed by atoms with van der Waals surface area (Å²) < 4.78 is 33.6. The molecule has 0 bridgehead atoms. The molecule has 2 fully saturated rings. The number of hydrogen-bond acceptors (Lipinski definition) is 5. The van der Waals surface area contributed by atoms with E-state index in [9.17, 15) is 13.2 Å². The van der Waals surface area contributed by atoms with Crippen molar-refractivity contribution in [3.8, 4) is 5.75 Å². The number of amides is 1.